The van der Waals surface area contributed by atoms with Gasteiger partial charge in [0.15, 0.2) is 0 Å². The van der Waals surface area contributed by atoms with Crippen molar-refractivity contribution in [3.8, 4) is 0 Å². The summed E-state index contributed by atoms with van der Waals surface area (Å²) >= 11 is 1.69. The lowest BCUT2D eigenvalue weighted by Gasteiger charge is -2.24. The number of urea groups is 1. The number of carboxylic acid groups (broad SMARTS) is 1. The molecule has 0 spiro atoms. The van der Waals surface area contributed by atoms with Crippen LogP contribution in [0.5, 0.6) is 0 Å². The summed E-state index contributed by atoms with van der Waals surface area (Å²) in [7, 11) is 1.76. The number of hydrogen-bond acceptors (Lipinski definition) is 3. The summed E-state index contributed by atoms with van der Waals surface area (Å²) in [5, 5.41) is 11.4. The molecule has 0 saturated carbocycles. The van der Waals surface area contributed by atoms with Crippen LogP contribution in [0.15, 0.2) is 30.3 Å². The molecular formula is C15H20N2O3S. The van der Waals surface area contributed by atoms with Crippen LogP contribution in [0.3, 0.4) is 0 Å². The van der Waals surface area contributed by atoms with E-state index in [0.29, 0.717) is 5.69 Å². The number of carbonyl (C=O) groups excluding carboxylic acids is 1. The van der Waals surface area contributed by atoms with Crippen molar-refractivity contribution in [2.45, 2.75) is 13.0 Å². The summed E-state index contributed by atoms with van der Waals surface area (Å²) in [4.78, 5) is 24.1. The number of benzene rings is 1. The molecule has 0 saturated heterocycles. The SMILES string of the molecule is CSCC(C)N(C)C(=O)Nc1ccc(/C=C/C(=O)O)cc1. The van der Waals surface area contributed by atoms with Crippen LogP contribution in [0, 0.1) is 0 Å². The minimum absolute atomic E-state index is 0.151. The Labute approximate surface area is 129 Å². The van der Waals surface area contributed by atoms with Crippen molar-refractivity contribution < 1.29 is 14.7 Å². The molecule has 21 heavy (non-hydrogen) atoms. The third-order valence-corrected chi connectivity index (χ3v) is 3.79. The van der Waals surface area contributed by atoms with Crippen LogP contribution >= 0.6 is 11.8 Å². The maximum atomic E-state index is 12.0. The number of amides is 2. The molecule has 1 unspecified atom stereocenters. The first-order valence-electron chi connectivity index (χ1n) is 6.48. The van der Waals surface area contributed by atoms with E-state index < -0.39 is 5.97 Å². The number of rotatable bonds is 6. The highest BCUT2D eigenvalue weighted by Crippen LogP contribution is 2.12. The zero-order valence-electron chi connectivity index (χ0n) is 12.4. The molecular weight excluding hydrogens is 288 g/mol. The molecule has 1 aromatic carbocycles. The molecule has 2 amide bonds. The number of anilines is 1. The number of thioether (sulfide) groups is 1. The molecule has 0 radical (unpaired) electrons. The van der Waals surface area contributed by atoms with Crippen LogP contribution in [0.1, 0.15) is 12.5 Å². The van der Waals surface area contributed by atoms with Gasteiger partial charge in [0.2, 0.25) is 0 Å². The molecule has 0 heterocycles. The van der Waals surface area contributed by atoms with Gasteiger partial charge < -0.3 is 15.3 Å². The molecule has 1 atom stereocenters. The third kappa shape index (κ3) is 5.91. The van der Waals surface area contributed by atoms with Crippen LogP contribution in [-0.4, -0.2) is 47.1 Å². The maximum absolute atomic E-state index is 12.0. The van der Waals surface area contributed by atoms with E-state index in [1.807, 2.05) is 13.2 Å². The second-order valence-electron chi connectivity index (χ2n) is 4.64. The minimum atomic E-state index is -0.989. The van der Waals surface area contributed by atoms with Crippen LogP contribution in [0.4, 0.5) is 10.5 Å². The monoisotopic (exact) mass is 308 g/mol. The first-order chi connectivity index (χ1) is 9.93. The predicted molar refractivity (Wildman–Crippen MR) is 87.7 cm³/mol. The Hall–Kier alpha value is -1.95. The van der Waals surface area contributed by atoms with Gasteiger partial charge in [-0.3, -0.25) is 0 Å². The smallest absolute Gasteiger partial charge is 0.328 e. The fourth-order valence-corrected chi connectivity index (χ4v) is 2.32. The topological polar surface area (TPSA) is 69.6 Å². The second-order valence-corrected chi connectivity index (χ2v) is 5.55. The lowest BCUT2D eigenvalue weighted by atomic mass is 10.2. The van der Waals surface area contributed by atoms with E-state index >= 15 is 0 Å². The van der Waals surface area contributed by atoms with Crippen molar-refractivity contribution in [2.24, 2.45) is 0 Å². The van der Waals surface area contributed by atoms with Crippen molar-refractivity contribution in [1.29, 1.82) is 0 Å². The lowest BCUT2D eigenvalue weighted by molar-refractivity contribution is -0.131. The number of nitrogens with one attached hydrogen (secondary N) is 1. The second kappa shape index (κ2) is 8.36. The van der Waals surface area contributed by atoms with Gasteiger partial charge in [-0.05, 0) is 37.0 Å². The van der Waals surface area contributed by atoms with Crippen molar-refractivity contribution in [3.05, 3.63) is 35.9 Å². The number of aliphatic carboxylic acids is 1. The molecule has 2 N–H and O–H groups in total. The minimum Gasteiger partial charge on any atom is -0.478 e. The van der Waals surface area contributed by atoms with Gasteiger partial charge >= 0.3 is 12.0 Å². The molecule has 1 rings (SSSR count). The fourth-order valence-electron chi connectivity index (χ4n) is 1.61. The predicted octanol–water partition coefficient (Wildman–Crippen LogP) is 3.00. The van der Waals surface area contributed by atoms with E-state index in [2.05, 4.69) is 5.32 Å². The highest BCUT2D eigenvalue weighted by atomic mass is 32.2. The van der Waals surface area contributed by atoms with E-state index in [1.165, 1.54) is 6.08 Å². The summed E-state index contributed by atoms with van der Waals surface area (Å²) in [6, 6.07) is 6.97. The van der Waals surface area contributed by atoms with Gasteiger partial charge in [0, 0.05) is 30.6 Å². The molecule has 6 heteroatoms. The standard InChI is InChI=1S/C15H20N2O3S/c1-11(10-21-3)17(2)15(20)16-13-7-4-12(5-8-13)6-9-14(18)19/h4-9,11H,10H2,1-3H3,(H,16,20)(H,18,19)/b9-6+. The van der Waals surface area contributed by atoms with Gasteiger partial charge in [-0.2, -0.15) is 11.8 Å². The first kappa shape index (κ1) is 17.1. The van der Waals surface area contributed by atoms with E-state index in [0.717, 1.165) is 17.4 Å². The Balaban J connectivity index is 2.63. The van der Waals surface area contributed by atoms with Gasteiger partial charge in [0.25, 0.3) is 0 Å². The summed E-state index contributed by atoms with van der Waals surface area (Å²) < 4.78 is 0. The largest absolute Gasteiger partial charge is 0.478 e. The molecule has 0 fully saturated rings. The van der Waals surface area contributed by atoms with Gasteiger partial charge in [-0.15, -0.1) is 0 Å². The molecule has 5 nitrogen and oxygen atoms in total. The fraction of sp³-hybridized carbons (Fsp3) is 0.333. The van der Waals surface area contributed by atoms with E-state index in [4.69, 9.17) is 5.11 Å². The molecule has 0 aliphatic heterocycles. The molecule has 1 aromatic rings. The summed E-state index contributed by atoms with van der Waals surface area (Å²) in [5.41, 5.74) is 1.44. The number of carboxylic acids is 1. The zero-order valence-corrected chi connectivity index (χ0v) is 13.2. The Morgan fingerprint density at radius 2 is 2.00 bits per heavy atom. The normalized spacial score (nSPS) is 12.1. The summed E-state index contributed by atoms with van der Waals surface area (Å²) in [6.07, 6.45) is 4.58. The van der Waals surface area contributed by atoms with Crippen LogP contribution in [0.2, 0.25) is 0 Å². The zero-order chi connectivity index (χ0) is 15.8. The molecule has 0 aliphatic carbocycles. The van der Waals surface area contributed by atoms with E-state index in [9.17, 15) is 9.59 Å². The van der Waals surface area contributed by atoms with Gasteiger partial charge in [-0.1, -0.05) is 12.1 Å². The Bertz CT molecular complexity index is 514. The Morgan fingerprint density at radius 3 is 2.52 bits per heavy atom. The summed E-state index contributed by atoms with van der Waals surface area (Å²) in [5.74, 6) is -0.111. The molecule has 0 aliphatic rings. The molecule has 0 aromatic heterocycles. The van der Waals surface area contributed by atoms with E-state index in [-0.39, 0.29) is 12.1 Å². The summed E-state index contributed by atoms with van der Waals surface area (Å²) in [6.45, 7) is 2.00. The Kier molecular flexibility index (Phi) is 6.81. The highest BCUT2D eigenvalue weighted by molar-refractivity contribution is 7.98. The van der Waals surface area contributed by atoms with Crippen LogP contribution < -0.4 is 5.32 Å². The van der Waals surface area contributed by atoms with E-state index in [1.54, 1.807) is 48.0 Å². The van der Waals surface area contributed by atoms with Crippen molar-refractivity contribution in [1.82, 2.24) is 4.90 Å². The number of carbonyl (C=O) groups is 2. The average Bonchev–Trinajstić information content (AvgIpc) is 2.45. The van der Waals surface area contributed by atoms with Gasteiger partial charge in [0.05, 0.1) is 0 Å². The average molecular weight is 308 g/mol. The van der Waals surface area contributed by atoms with Crippen LogP contribution in [0.25, 0.3) is 6.08 Å². The van der Waals surface area contributed by atoms with Crippen molar-refractivity contribution in [3.63, 3.8) is 0 Å². The Morgan fingerprint density at radius 1 is 1.38 bits per heavy atom. The van der Waals surface area contributed by atoms with Gasteiger partial charge in [-0.25, -0.2) is 9.59 Å². The van der Waals surface area contributed by atoms with Crippen molar-refractivity contribution >= 4 is 35.5 Å². The maximum Gasteiger partial charge on any atom is 0.328 e. The third-order valence-electron chi connectivity index (χ3n) is 2.97. The van der Waals surface area contributed by atoms with Crippen molar-refractivity contribution in [2.75, 3.05) is 24.4 Å². The number of nitrogens with zero attached hydrogens (tertiary/aromatic N) is 1. The quantitative estimate of drug-likeness (QED) is 0.793. The first-order valence-corrected chi connectivity index (χ1v) is 7.87. The molecule has 114 valence electrons. The van der Waals surface area contributed by atoms with Crippen LogP contribution in [-0.2, 0) is 4.79 Å². The lowest BCUT2D eigenvalue weighted by Crippen LogP contribution is -2.39. The molecule has 0 bridgehead atoms. The van der Waals surface area contributed by atoms with Gasteiger partial charge in [0.1, 0.15) is 0 Å². The number of hydrogen-bond donors (Lipinski definition) is 2. The highest BCUT2D eigenvalue weighted by Gasteiger charge is 2.14.